The van der Waals surface area contributed by atoms with Crippen LogP contribution in [-0.4, -0.2) is 52.7 Å². The van der Waals surface area contributed by atoms with Crippen LogP contribution in [0.15, 0.2) is 18.2 Å². The molecule has 0 saturated carbocycles. The summed E-state index contributed by atoms with van der Waals surface area (Å²) >= 11 is 0. The van der Waals surface area contributed by atoms with Gasteiger partial charge in [0.05, 0.1) is 17.8 Å². The van der Waals surface area contributed by atoms with Crippen LogP contribution in [0.5, 0.6) is 5.75 Å². The van der Waals surface area contributed by atoms with Crippen LogP contribution in [-0.2, 0) is 16.5 Å². The summed E-state index contributed by atoms with van der Waals surface area (Å²) in [6.07, 6.45) is 0. The third-order valence-electron chi connectivity index (χ3n) is 7.29. The summed E-state index contributed by atoms with van der Waals surface area (Å²) in [6.45, 7) is 18.0. The Labute approximate surface area is 212 Å². The third kappa shape index (κ3) is 4.41. The summed E-state index contributed by atoms with van der Waals surface area (Å²) in [5.74, 6) is -0.0498. The molecule has 1 unspecified atom stereocenters. The first-order valence-electron chi connectivity index (χ1n) is 12.2. The van der Waals surface area contributed by atoms with E-state index in [4.69, 9.17) is 19.9 Å². The van der Waals surface area contributed by atoms with Gasteiger partial charge in [-0.25, -0.2) is 4.98 Å². The Hall–Kier alpha value is -3.18. The van der Waals surface area contributed by atoms with E-state index in [1.807, 2.05) is 25.3 Å². The molecule has 1 aliphatic heterocycles. The molecule has 0 saturated heterocycles. The summed E-state index contributed by atoms with van der Waals surface area (Å²) in [6, 6.07) is 4.99. The molecule has 2 aromatic heterocycles. The van der Waals surface area contributed by atoms with Gasteiger partial charge in [0.15, 0.2) is 8.32 Å². The lowest BCUT2D eigenvalue weighted by Gasteiger charge is -2.42. The topological polar surface area (TPSA) is 126 Å². The fraction of sp³-hybridized carbons (Fsp3) is 0.520. The van der Waals surface area contributed by atoms with Crippen molar-refractivity contribution in [3.8, 4) is 5.75 Å². The molecule has 4 rings (SSSR count). The van der Waals surface area contributed by atoms with Gasteiger partial charge in [0.1, 0.15) is 29.1 Å². The molecule has 10 nitrogen and oxygen atoms in total. The maximum Gasteiger partial charge on any atom is 0.276 e. The predicted molar refractivity (Wildman–Crippen MR) is 141 cm³/mol. The number of nitrogens with zero attached hydrogens (tertiary/aromatic N) is 4. The predicted octanol–water partition coefficient (Wildman–Crippen LogP) is 4.04. The van der Waals surface area contributed by atoms with Gasteiger partial charge >= 0.3 is 0 Å². The number of aromatic nitrogens is 4. The van der Waals surface area contributed by atoms with E-state index in [1.54, 1.807) is 22.9 Å². The Morgan fingerprint density at radius 2 is 1.97 bits per heavy atom. The normalized spacial score (nSPS) is 17.8. The first-order chi connectivity index (χ1) is 16.7. The number of nitrogens with one attached hydrogen (secondary N) is 1. The fourth-order valence-electron chi connectivity index (χ4n) is 4.13. The van der Waals surface area contributed by atoms with Gasteiger partial charge in [-0.15, -0.1) is 0 Å². The smallest absolute Gasteiger partial charge is 0.276 e. The molecule has 0 aliphatic carbocycles. The summed E-state index contributed by atoms with van der Waals surface area (Å²) in [5.41, 5.74) is 7.57. The first-order valence-corrected chi connectivity index (χ1v) is 15.1. The second-order valence-electron chi connectivity index (χ2n) is 11.3. The number of imidazole rings is 1. The van der Waals surface area contributed by atoms with E-state index in [2.05, 4.69) is 44.3 Å². The van der Waals surface area contributed by atoms with Crippen LogP contribution in [0.25, 0.3) is 11.0 Å². The van der Waals surface area contributed by atoms with Crippen molar-refractivity contribution < 1.29 is 18.8 Å². The number of anilines is 1. The van der Waals surface area contributed by atoms with Gasteiger partial charge in [0, 0.05) is 12.1 Å². The zero-order chi connectivity index (χ0) is 26.6. The molecule has 0 bridgehead atoms. The molecule has 0 radical (unpaired) electrons. The van der Waals surface area contributed by atoms with Crippen LogP contribution in [0.2, 0.25) is 18.1 Å². The minimum Gasteiger partial charge on any atom is -0.489 e. The third-order valence-corrected chi connectivity index (χ3v) is 11.8. The molecule has 0 fully saturated rings. The number of carbonyl (C=O) groups excluding carboxylic acids is 2. The number of benzene rings is 1. The zero-order valence-electron chi connectivity index (χ0n) is 22.4. The Kier molecular flexibility index (Phi) is 6.28. The Morgan fingerprint density at radius 3 is 2.58 bits per heavy atom. The van der Waals surface area contributed by atoms with Crippen LogP contribution < -0.4 is 15.8 Å². The molecule has 1 aliphatic rings. The first kappa shape index (κ1) is 25.9. The number of rotatable bonds is 7. The average Bonchev–Trinajstić information content (AvgIpc) is 3.35. The summed E-state index contributed by atoms with van der Waals surface area (Å²) in [7, 11) is -2.08. The largest absolute Gasteiger partial charge is 0.489 e. The monoisotopic (exact) mass is 512 g/mol. The van der Waals surface area contributed by atoms with Crippen molar-refractivity contribution >= 4 is 37.1 Å². The van der Waals surface area contributed by atoms with Crippen LogP contribution in [0.3, 0.4) is 0 Å². The van der Waals surface area contributed by atoms with Crippen molar-refractivity contribution in [2.75, 3.05) is 18.5 Å². The standard InChI is InChI=1S/C25H36N6O4Si/c1-9-30-18(10-15(2)29-30)22(33)28-23-27-17-11-16(21(26)32)12-19-20(17)31(23)25(6,13-34-19)14-35-36(7,8)24(3,4)5/h10-12H,9,13-14H2,1-8H3,(H2,26,32)(H,27,28,33). The highest BCUT2D eigenvalue weighted by Crippen LogP contribution is 2.42. The second kappa shape index (κ2) is 8.73. The Bertz CT molecular complexity index is 1350. The van der Waals surface area contributed by atoms with Crippen molar-refractivity contribution in [2.45, 2.75) is 71.8 Å². The minimum absolute atomic E-state index is 0.0326. The molecule has 3 aromatic rings. The average molecular weight is 513 g/mol. The van der Waals surface area contributed by atoms with Gasteiger partial charge in [-0.05, 0) is 57.1 Å². The zero-order valence-corrected chi connectivity index (χ0v) is 23.4. The van der Waals surface area contributed by atoms with E-state index in [0.717, 1.165) is 5.69 Å². The number of aryl methyl sites for hydroxylation is 2. The maximum atomic E-state index is 13.3. The molecule has 3 heterocycles. The molecule has 0 spiro atoms. The van der Waals surface area contributed by atoms with Crippen LogP contribution in [0.4, 0.5) is 5.95 Å². The summed E-state index contributed by atoms with van der Waals surface area (Å²) in [5, 5.41) is 7.40. The number of hydrogen-bond donors (Lipinski definition) is 2. The van der Waals surface area contributed by atoms with Gasteiger partial charge in [-0.2, -0.15) is 5.10 Å². The van der Waals surface area contributed by atoms with E-state index in [1.165, 1.54) is 0 Å². The highest BCUT2D eigenvalue weighted by atomic mass is 28.4. The van der Waals surface area contributed by atoms with Gasteiger partial charge in [-0.1, -0.05) is 20.8 Å². The molecular weight excluding hydrogens is 476 g/mol. The fourth-order valence-corrected chi connectivity index (χ4v) is 5.23. The Morgan fingerprint density at radius 1 is 1.28 bits per heavy atom. The van der Waals surface area contributed by atoms with Crippen molar-refractivity contribution in [3.63, 3.8) is 0 Å². The molecule has 11 heteroatoms. The Balaban J connectivity index is 1.82. The number of primary amides is 1. The van der Waals surface area contributed by atoms with E-state index in [9.17, 15) is 9.59 Å². The highest BCUT2D eigenvalue weighted by molar-refractivity contribution is 6.74. The lowest BCUT2D eigenvalue weighted by molar-refractivity contribution is 0.0873. The molecule has 1 atom stereocenters. The van der Waals surface area contributed by atoms with Crippen molar-refractivity contribution in [2.24, 2.45) is 5.73 Å². The highest BCUT2D eigenvalue weighted by Gasteiger charge is 2.43. The second-order valence-corrected chi connectivity index (χ2v) is 16.1. The van der Waals surface area contributed by atoms with E-state index in [-0.39, 0.29) is 17.6 Å². The lowest BCUT2D eigenvalue weighted by atomic mass is 10.0. The lowest BCUT2D eigenvalue weighted by Crippen LogP contribution is -2.49. The number of nitrogens with two attached hydrogens (primary N) is 1. The SMILES string of the molecule is CCn1nc(C)cc1C(=O)Nc1nc2cc(C(N)=O)cc3c2n1C(C)(CO[Si](C)(C)C(C)(C)C)CO3. The van der Waals surface area contributed by atoms with Crippen LogP contribution in [0.1, 0.15) is 61.2 Å². The molecule has 194 valence electrons. The number of amides is 2. The van der Waals surface area contributed by atoms with E-state index < -0.39 is 19.8 Å². The van der Waals surface area contributed by atoms with E-state index in [0.29, 0.717) is 47.1 Å². The molecule has 1 aromatic carbocycles. The summed E-state index contributed by atoms with van der Waals surface area (Å²) < 4.78 is 16.4. The van der Waals surface area contributed by atoms with Crippen LogP contribution in [0, 0.1) is 6.92 Å². The van der Waals surface area contributed by atoms with Gasteiger partial charge in [0.25, 0.3) is 5.91 Å². The van der Waals surface area contributed by atoms with Crippen LogP contribution >= 0.6 is 0 Å². The van der Waals surface area contributed by atoms with Gasteiger partial charge in [-0.3, -0.25) is 24.2 Å². The number of ether oxygens (including phenoxy) is 1. The molecule has 3 N–H and O–H groups in total. The van der Waals surface area contributed by atoms with E-state index >= 15 is 0 Å². The maximum absolute atomic E-state index is 13.3. The molecule has 36 heavy (non-hydrogen) atoms. The van der Waals surface area contributed by atoms with Gasteiger partial charge in [0.2, 0.25) is 11.9 Å². The molecular formula is C25H36N6O4Si. The number of hydrogen-bond acceptors (Lipinski definition) is 6. The number of carbonyl (C=O) groups is 2. The van der Waals surface area contributed by atoms with Crippen molar-refractivity contribution in [3.05, 3.63) is 35.2 Å². The van der Waals surface area contributed by atoms with Crippen molar-refractivity contribution in [1.82, 2.24) is 19.3 Å². The molecule has 2 amide bonds. The summed E-state index contributed by atoms with van der Waals surface area (Å²) in [4.78, 5) is 30.0. The van der Waals surface area contributed by atoms with Crippen molar-refractivity contribution in [1.29, 1.82) is 0 Å². The quantitative estimate of drug-likeness (QED) is 0.460. The minimum atomic E-state index is -2.08. The van der Waals surface area contributed by atoms with Gasteiger partial charge < -0.3 is 14.9 Å².